The Morgan fingerprint density at radius 2 is 1.17 bits per heavy atom. The molecule has 0 heterocycles. The molecule has 18 heavy (non-hydrogen) atoms. The van der Waals surface area contributed by atoms with E-state index in [0.29, 0.717) is 0 Å². The van der Waals surface area contributed by atoms with Crippen LogP contribution in [0.1, 0.15) is 13.8 Å². The van der Waals surface area contributed by atoms with Gasteiger partial charge in [-0.25, -0.2) is 0 Å². The Bertz CT molecular complexity index is 434. The maximum atomic E-state index is 2.57. The molecule has 2 rings (SSSR count). The van der Waals surface area contributed by atoms with Crippen molar-refractivity contribution >= 4 is 25.5 Å². The van der Waals surface area contributed by atoms with Crippen LogP contribution in [-0.2, 0) is 0 Å². The van der Waals surface area contributed by atoms with Gasteiger partial charge in [0.1, 0.15) is 0 Å². The van der Waals surface area contributed by atoms with Gasteiger partial charge in [0.15, 0.2) is 0 Å². The van der Waals surface area contributed by atoms with E-state index in [1.54, 1.807) is 7.16 Å². The van der Waals surface area contributed by atoms with Crippen molar-refractivity contribution in [3.63, 3.8) is 0 Å². The van der Waals surface area contributed by atoms with E-state index < -0.39 is 18.4 Å². The maximum absolute atomic E-state index is 2.57. The Labute approximate surface area is 115 Å². The summed E-state index contributed by atoms with van der Waals surface area (Å²) < 4.78 is 4.61. The minimum atomic E-state index is -2.42. The average Bonchev–Trinajstić information content (AvgIpc) is 2.40. The molecule has 0 unspecified atom stereocenters. The molecule has 0 fully saturated rings. The van der Waals surface area contributed by atoms with Crippen molar-refractivity contribution in [3.05, 3.63) is 60.7 Å². The molecule has 0 aliphatic heterocycles. The average molecular weight is 345 g/mol. The summed E-state index contributed by atoms with van der Waals surface area (Å²) in [6.07, 6.45) is 0. The van der Waals surface area contributed by atoms with Gasteiger partial charge in [0.2, 0.25) is 0 Å². The van der Waals surface area contributed by atoms with Gasteiger partial charge in [-0.05, 0) is 0 Å². The Balaban J connectivity index is 2.48. The van der Waals surface area contributed by atoms with Gasteiger partial charge < -0.3 is 0 Å². The monoisotopic (exact) mass is 346 g/mol. The minimum absolute atomic E-state index is 0.770. The van der Waals surface area contributed by atoms with Crippen molar-refractivity contribution in [1.82, 2.24) is 0 Å². The third-order valence-corrected chi connectivity index (χ3v) is 17.5. The van der Waals surface area contributed by atoms with E-state index in [1.807, 2.05) is 0 Å². The molecule has 0 saturated heterocycles. The molecule has 0 atom stereocenters. The summed E-state index contributed by atoms with van der Waals surface area (Å²) in [7, 11) is 0. The van der Waals surface area contributed by atoms with Crippen LogP contribution in [0.2, 0.25) is 9.38 Å². The zero-order chi connectivity index (χ0) is 13.0. The SMILES string of the molecule is CC(C)[CH2][Sn]([CH3])([c]1ccccc1)[c]1ccccc1. The van der Waals surface area contributed by atoms with Crippen molar-refractivity contribution in [2.45, 2.75) is 23.2 Å². The predicted octanol–water partition coefficient (Wildman–Crippen LogP) is 3.54. The summed E-state index contributed by atoms with van der Waals surface area (Å²) in [6.45, 7) is 4.70. The Kier molecular flexibility index (Phi) is 4.49. The van der Waals surface area contributed by atoms with Gasteiger partial charge >= 0.3 is 115 Å². The molecule has 2 aromatic carbocycles. The van der Waals surface area contributed by atoms with Crippen LogP contribution in [-0.4, -0.2) is 18.4 Å². The van der Waals surface area contributed by atoms with E-state index >= 15 is 0 Å². The number of hydrogen-bond acceptors (Lipinski definition) is 0. The fourth-order valence-electron chi connectivity index (χ4n) is 2.83. The quantitative estimate of drug-likeness (QED) is 0.744. The van der Waals surface area contributed by atoms with Gasteiger partial charge in [-0.3, -0.25) is 0 Å². The molecule has 0 bridgehead atoms. The second-order valence-electron chi connectivity index (χ2n) is 5.66. The normalized spacial score (nSPS) is 11.8. The summed E-state index contributed by atoms with van der Waals surface area (Å²) in [5.74, 6) is 0.770. The Hall–Kier alpha value is -0.761. The Morgan fingerprint density at radius 1 is 0.778 bits per heavy atom. The second-order valence-corrected chi connectivity index (χ2v) is 17.7. The molecule has 0 aliphatic carbocycles. The second kappa shape index (κ2) is 5.92. The van der Waals surface area contributed by atoms with E-state index in [1.165, 1.54) is 4.44 Å². The molecule has 1 heteroatoms. The Morgan fingerprint density at radius 3 is 1.50 bits per heavy atom. The summed E-state index contributed by atoms with van der Waals surface area (Å²) in [5.41, 5.74) is 0. The molecule has 2 aromatic rings. The summed E-state index contributed by atoms with van der Waals surface area (Å²) >= 11 is -2.42. The van der Waals surface area contributed by atoms with Crippen LogP contribution >= 0.6 is 0 Å². The fourth-order valence-corrected chi connectivity index (χ4v) is 15.1. The molecule has 0 radical (unpaired) electrons. The van der Waals surface area contributed by atoms with Gasteiger partial charge in [-0.15, -0.1) is 0 Å². The molecule has 94 valence electrons. The van der Waals surface area contributed by atoms with Crippen LogP contribution in [0.3, 0.4) is 0 Å². The third-order valence-electron chi connectivity index (χ3n) is 3.64. The van der Waals surface area contributed by atoms with Crippen molar-refractivity contribution in [2.24, 2.45) is 5.92 Å². The van der Waals surface area contributed by atoms with Gasteiger partial charge in [0.05, 0.1) is 0 Å². The zero-order valence-electron chi connectivity index (χ0n) is 11.6. The number of rotatable bonds is 4. The van der Waals surface area contributed by atoms with E-state index in [0.717, 1.165) is 5.92 Å². The molecular weight excluding hydrogens is 323 g/mol. The van der Waals surface area contributed by atoms with E-state index in [-0.39, 0.29) is 0 Å². The molecule has 0 nitrogen and oxygen atoms in total. The fraction of sp³-hybridized carbons (Fsp3) is 0.294. The van der Waals surface area contributed by atoms with Gasteiger partial charge in [-0.1, -0.05) is 0 Å². The summed E-state index contributed by atoms with van der Waals surface area (Å²) in [5, 5.41) is 0. The van der Waals surface area contributed by atoms with Crippen molar-refractivity contribution in [1.29, 1.82) is 0 Å². The van der Waals surface area contributed by atoms with E-state index in [4.69, 9.17) is 0 Å². The summed E-state index contributed by atoms with van der Waals surface area (Å²) in [6, 6.07) is 22.4. The molecule has 0 saturated carbocycles. The number of hydrogen-bond donors (Lipinski definition) is 0. The van der Waals surface area contributed by atoms with Crippen molar-refractivity contribution in [3.8, 4) is 0 Å². The standard InChI is InChI=1S/2C6H5.C4H9.CH3.Sn/c2*1-2-4-6-5-3-1;1-4(2)3;;/h2*1-5H;4H,1H2,2-3H3;1H3;. The molecule has 0 aromatic heterocycles. The first kappa shape index (κ1) is 13.7. The zero-order valence-corrected chi connectivity index (χ0v) is 14.4. The van der Waals surface area contributed by atoms with Gasteiger partial charge in [0, 0.05) is 0 Å². The van der Waals surface area contributed by atoms with Crippen LogP contribution < -0.4 is 7.16 Å². The molecular formula is C17H22Sn. The molecule has 0 spiro atoms. The van der Waals surface area contributed by atoms with Crippen molar-refractivity contribution < 1.29 is 0 Å². The van der Waals surface area contributed by atoms with Gasteiger partial charge in [0.25, 0.3) is 0 Å². The van der Waals surface area contributed by atoms with Crippen LogP contribution in [0, 0.1) is 5.92 Å². The van der Waals surface area contributed by atoms with Crippen LogP contribution in [0.4, 0.5) is 0 Å². The van der Waals surface area contributed by atoms with Crippen LogP contribution in [0.15, 0.2) is 60.7 Å². The first-order valence-corrected chi connectivity index (χ1v) is 14.5. The molecule has 0 N–H and O–H groups in total. The van der Waals surface area contributed by atoms with Gasteiger partial charge in [-0.2, -0.15) is 0 Å². The summed E-state index contributed by atoms with van der Waals surface area (Å²) in [4.78, 5) is 2.57. The molecule has 0 amide bonds. The topological polar surface area (TPSA) is 0 Å². The first-order valence-electron chi connectivity index (χ1n) is 6.74. The van der Waals surface area contributed by atoms with Crippen LogP contribution in [0.5, 0.6) is 0 Å². The predicted molar refractivity (Wildman–Crippen MR) is 83.4 cm³/mol. The molecule has 0 aliphatic rings. The van der Waals surface area contributed by atoms with Crippen LogP contribution in [0.25, 0.3) is 0 Å². The first-order chi connectivity index (χ1) is 8.63. The van der Waals surface area contributed by atoms with E-state index in [9.17, 15) is 0 Å². The third kappa shape index (κ3) is 2.97. The van der Waals surface area contributed by atoms with E-state index in [2.05, 4.69) is 79.5 Å². The number of benzene rings is 2. The van der Waals surface area contributed by atoms with Crippen molar-refractivity contribution in [2.75, 3.05) is 0 Å².